The van der Waals surface area contributed by atoms with E-state index in [4.69, 9.17) is 0 Å². The van der Waals surface area contributed by atoms with E-state index >= 15 is 14.4 Å². The monoisotopic (exact) mass is 1230 g/mol. The Morgan fingerprint density at radius 2 is 0.862 bits per heavy atom. The number of allylic oxidation sites excluding steroid dienone is 2. The molecule has 1 heterocycles. The number of hydrogen-bond acceptors (Lipinski definition) is 13. The third kappa shape index (κ3) is 21.9. The lowest BCUT2D eigenvalue weighted by atomic mass is 9.84. The Labute approximate surface area is 522 Å². The van der Waals surface area contributed by atoms with Crippen molar-refractivity contribution in [1.29, 1.82) is 0 Å². The predicted octanol–water partition coefficient (Wildman–Crippen LogP) is 5.90. The molecular formula is C66H116N8O13. The summed E-state index contributed by atoms with van der Waals surface area (Å²) in [5.41, 5.74) is 0. The summed E-state index contributed by atoms with van der Waals surface area (Å²) < 4.78 is 0. The zero-order chi connectivity index (χ0) is 67.6. The topological polar surface area (TPSA) is 263 Å². The van der Waals surface area contributed by atoms with Crippen molar-refractivity contribution in [3.63, 3.8) is 0 Å². The van der Waals surface area contributed by atoms with Crippen LogP contribution in [0.2, 0.25) is 0 Å². The van der Waals surface area contributed by atoms with Gasteiger partial charge in [0.2, 0.25) is 47.3 Å². The Morgan fingerprint density at radius 3 is 1.29 bits per heavy atom. The van der Waals surface area contributed by atoms with Gasteiger partial charge in [-0.05, 0) is 93.8 Å². The fourth-order valence-corrected chi connectivity index (χ4v) is 11.8. The number of amides is 8. The first-order valence-corrected chi connectivity index (χ1v) is 31.8. The zero-order valence-corrected chi connectivity index (χ0v) is 57.7. The molecule has 1 aliphatic heterocycles. The van der Waals surface area contributed by atoms with Gasteiger partial charge in [0.1, 0.15) is 36.3 Å². The molecule has 0 aromatic rings. The van der Waals surface area contributed by atoms with Crippen LogP contribution in [0.15, 0.2) is 12.2 Å². The van der Waals surface area contributed by atoms with Gasteiger partial charge in [0.05, 0.1) is 24.8 Å². The standard InChI is InChI=1S/C66H116N8O13/c1-25-27-28-43(15)58(79)57-55(78)34-46(26-2)61(82)72(22)52(36-75)65(86)69(19)49(30-38(5)6)54(77)35-47(41(11)12)62(83)68(18)48(29-37(3)4)53(76)33-44(16)59(80)67-45(17)60(81)70(20)50(31-39(7)8)63(84)71(21)51(32-40(9)10)64(85)73(23)56(42(13)14)66(87)74(57)24/h25,27,37-52,56-58,75,79H,26,28-36H2,1-24H3,(H,67,80)/b27-25+/t43-,44+,45+,46+,47-,48-,49+,50-,51-,52-,56-,57+,58-/m1/s1. The lowest BCUT2D eigenvalue weighted by Crippen LogP contribution is -2.62. The maximum absolute atomic E-state index is 15.2. The molecule has 1 saturated heterocycles. The van der Waals surface area contributed by atoms with Crippen molar-refractivity contribution in [1.82, 2.24) is 39.6 Å². The fraction of sp³-hybridized carbons (Fsp3) is 0.803. The van der Waals surface area contributed by atoms with Crippen LogP contribution in [-0.2, 0) is 52.7 Å². The molecule has 498 valence electrons. The van der Waals surface area contributed by atoms with Gasteiger partial charge in [0, 0.05) is 86.3 Å². The number of ketones is 3. The number of carbonyl (C=O) groups excluding carboxylic acids is 11. The molecule has 0 saturated carbocycles. The third-order valence-electron chi connectivity index (χ3n) is 17.5. The molecular weight excluding hydrogens is 1110 g/mol. The van der Waals surface area contributed by atoms with Crippen LogP contribution in [-0.4, -0.2) is 219 Å². The molecule has 0 aromatic heterocycles. The maximum atomic E-state index is 15.2. The molecule has 13 atom stereocenters. The summed E-state index contributed by atoms with van der Waals surface area (Å²) in [5, 5.41) is 25.8. The van der Waals surface area contributed by atoms with Crippen molar-refractivity contribution < 1.29 is 63.0 Å². The lowest BCUT2D eigenvalue weighted by molar-refractivity contribution is -0.157. The van der Waals surface area contributed by atoms with Gasteiger partial charge >= 0.3 is 0 Å². The molecule has 21 heteroatoms. The van der Waals surface area contributed by atoms with Crippen LogP contribution in [0.5, 0.6) is 0 Å². The van der Waals surface area contributed by atoms with Gasteiger partial charge in [-0.3, -0.25) is 52.7 Å². The summed E-state index contributed by atoms with van der Waals surface area (Å²) >= 11 is 0. The SMILES string of the molecule is C/C=C/C[C@@H](C)[C@@H](O)[C@@H]1C(=O)C[C@H](CC)C(=O)N(C)[C@H](CO)C(=O)N(C)[C@@H](CC(C)C)C(=O)C[C@H](C(C)C)C(=O)N(C)[C@H](CC(C)C)C(=O)C[C@H](C)C(=O)N[C@@H](C)C(=O)N(C)[C@H](CC(C)C)C(=O)N(C)[C@H](CC(C)C)C(=O)N(C)[C@H](C(C)C)C(=O)N1C. The van der Waals surface area contributed by atoms with E-state index in [1.165, 1.54) is 80.8 Å². The summed E-state index contributed by atoms with van der Waals surface area (Å²) in [7, 11) is 9.97. The second-order valence-electron chi connectivity index (χ2n) is 27.4. The first-order valence-electron chi connectivity index (χ1n) is 31.8. The largest absolute Gasteiger partial charge is 0.394 e. The van der Waals surface area contributed by atoms with Gasteiger partial charge < -0.3 is 49.8 Å². The molecule has 87 heavy (non-hydrogen) atoms. The maximum Gasteiger partial charge on any atom is 0.248 e. The Balaban J connectivity index is 4.41. The number of aliphatic hydroxyl groups excluding tert-OH is 2. The van der Waals surface area contributed by atoms with Crippen molar-refractivity contribution in [2.45, 2.75) is 230 Å². The first-order chi connectivity index (χ1) is 40.2. The van der Waals surface area contributed by atoms with Gasteiger partial charge in [-0.15, -0.1) is 0 Å². The Kier molecular flexibility index (Phi) is 33.0. The Morgan fingerprint density at radius 1 is 0.471 bits per heavy atom. The van der Waals surface area contributed by atoms with Crippen molar-refractivity contribution >= 4 is 64.6 Å². The van der Waals surface area contributed by atoms with Crippen LogP contribution in [0, 0.1) is 59.2 Å². The van der Waals surface area contributed by atoms with Crippen LogP contribution in [0.3, 0.4) is 0 Å². The smallest absolute Gasteiger partial charge is 0.248 e. The predicted molar refractivity (Wildman–Crippen MR) is 338 cm³/mol. The summed E-state index contributed by atoms with van der Waals surface area (Å²) in [6, 6.07) is -9.91. The Bertz CT molecular complexity index is 2370. The van der Waals surface area contributed by atoms with E-state index < -0.39 is 168 Å². The fourth-order valence-electron chi connectivity index (χ4n) is 11.8. The van der Waals surface area contributed by atoms with E-state index in [1.54, 1.807) is 61.5 Å². The summed E-state index contributed by atoms with van der Waals surface area (Å²) in [6.07, 6.45) is 2.08. The number of nitrogens with one attached hydrogen (secondary N) is 1. The summed E-state index contributed by atoms with van der Waals surface area (Å²) in [4.78, 5) is 171. The highest BCUT2D eigenvalue weighted by Crippen LogP contribution is 2.30. The Hall–Kier alpha value is -5.57. The third-order valence-corrected chi connectivity index (χ3v) is 17.5. The lowest BCUT2D eigenvalue weighted by Gasteiger charge is -2.41. The molecule has 0 radical (unpaired) electrons. The van der Waals surface area contributed by atoms with E-state index in [2.05, 4.69) is 5.32 Å². The van der Waals surface area contributed by atoms with E-state index in [1.807, 2.05) is 61.5 Å². The highest BCUT2D eigenvalue weighted by Gasteiger charge is 2.46. The number of nitrogens with zero attached hydrogens (tertiary/aromatic N) is 7. The number of Topliss-reactive ketones (excluding diaryl/α,β-unsaturated/α-hetero) is 3. The second-order valence-corrected chi connectivity index (χ2v) is 27.4. The normalized spacial score (nSPS) is 27.7. The number of rotatable bonds is 16. The van der Waals surface area contributed by atoms with Crippen LogP contribution >= 0.6 is 0 Å². The summed E-state index contributed by atoms with van der Waals surface area (Å²) in [6.45, 7) is 29.4. The molecule has 0 aromatic carbocycles. The molecule has 0 aliphatic carbocycles. The van der Waals surface area contributed by atoms with Crippen molar-refractivity contribution in [2.24, 2.45) is 59.2 Å². The van der Waals surface area contributed by atoms with Gasteiger partial charge in [0.15, 0.2) is 17.3 Å². The van der Waals surface area contributed by atoms with Crippen LogP contribution in [0.4, 0.5) is 0 Å². The number of aliphatic hydroxyl groups is 2. The zero-order valence-electron chi connectivity index (χ0n) is 57.7. The number of carbonyl (C=O) groups is 11. The molecule has 1 aliphatic rings. The molecule has 0 spiro atoms. The van der Waals surface area contributed by atoms with Crippen LogP contribution < -0.4 is 5.32 Å². The highest BCUT2D eigenvalue weighted by atomic mass is 16.3. The molecule has 1 rings (SSSR count). The average molecular weight is 1230 g/mol. The van der Waals surface area contributed by atoms with Gasteiger partial charge in [0.25, 0.3) is 0 Å². The van der Waals surface area contributed by atoms with Crippen LogP contribution in [0.25, 0.3) is 0 Å². The van der Waals surface area contributed by atoms with Gasteiger partial charge in [-0.25, -0.2) is 0 Å². The summed E-state index contributed by atoms with van der Waals surface area (Å²) in [5.74, 6) is -11.8. The molecule has 3 N–H and O–H groups in total. The number of hydrogen-bond donors (Lipinski definition) is 3. The molecule has 0 unspecified atom stereocenters. The van der Waals surface area contributed by atoms with E-state index in [0.717, 1.165) is 9.80 Å². The van der Waals surface area contributed by atoms with Crippen molar-refractivity contribution in [3.05, 3.63) is 12.2 Å². The van der Waals surface area contributed by atoms with Gasteiger partial charge in [-0.1, -0.05) is 116 Å². The molecule has 0 bridgehead atoms. The molecule has 21 nitrogen and oxygen atoms in total. The van der Waals surface area contributed by atoms with E-state index in [9.17, 15) is 48.6 Å². The van der Waals surface area contributed by atoms with Gasteiger partial charge in [-0.2, -0.15) is 0 Å². The average Bonchev–Trinajstić information content (AvgIpc) is 1.23. The second kappa shape index (κ2) is 36.2. The van der Waals surface area contributed by atoms with E-state index in [0.29, 0.717) is 6.42 Å². The van der Waals surface area contributed by atoms with Crippen LogP contribution in [0.1, 0.15) is 175 Å². The van der Waals surface area contributed by atoms with Crippen molar-refractivity contribution in [2.75, 3.05) is 55.9 Å². The molecule has 8 amide bonds. The van der Waals surface area contributed by atoms with Crippen molar-refractivity contribution in [3.8, 4) is 0 Å². The quantitative estimate of drug-likeness (QED) is 0.152. The minimum atomic E-state index is -1.55. The minimum Gasteiger partial charge on any atom is -0.394 e. The first kappa shape index (κ1) is 79.4. The number of likely N-dealkylation sites (N-methyl/N-ethyl adjacent to an activating group) is 7. The highest BCUT2D eigenvalue weighted by molar-refractivity contribution is 6.00. The van der Waals surface area contributed by atoms with E-state index in [-0.39, 0.29) is 68.6 Å². The molecule has 1 fully saturated rings. The minimum absolute atomic E-state index is 0.0627.